The van der Waals surface area contributed by atoms with E-state index in [-0.39, 0.29) is 5.91 Å². The van der Waals surface area contributed by atoms with Gasteiger partial charge < -0.3 is 10.6 Å². The summed E-state index contributed by atoms with van der Waals surface area (Å²) in [6, 6.07) is 11.4. The summed E-state index contributed by atoms with van der Waals surface area (Å²) in [5.74, 6) is 0.637. The van der Waals surface area contributed by atoms with Gasteiger partial charge in [-0.3, -0.25) is 4.79 Å². The third-order valence-corrected chi connectivity index (χ3v) is 3.68. The van der Waals surface area contributed by atoms with E-state index >= 15 is 0 Å². The maximum absolute atomic E-state index is 11.9. The first-order valence-electron chi connectivity index (χ1n) is 7.46. The van der Waals surface area contributed by atoms with Crippen molar-refractivity contribution < 1.29 is 4.79 Å². The van der Waals surface area contributed by atoms with Crippen molar-refractivity contribution >= 4 is 33.3 Å². The van der Waals surface area contributed by atoms with Crippen molar-refractivity contribution in [2.75, 3.05) is 11.9 Å². The molecule has 1 aromatic heterocycles. The molecule has 0 aliphatic carbocycles. The molecule has 0 spiro atoms. The van der Waals surface area contributed by atoms with Gasteiger partial charge in [0.15, 0.2) is 0 Å². The van der Waals surface area contributed by atoms with Crippen molar-refractivity contribution in [3.8, 4) is 0 Å². The number of carbonyl (C=O) groups is 1. The minimum absolute atomic E-state index is 0.0717. The molecule has 4 nitrogen and oxygen atoms in total. The van der Waals surface area contributed by atoms with E-state index in [1.54, 1.807) is 12.3 Å². The Morgan fingerprint density at radius 1 is 1.23 bits per heavy atom. The molecule has 0 aliphatic rings. The summed E-state index contributed by atoms with van der Waals surface area (Å²) in [5, 5.41) is 6.10. The maximum atomic E-state index is 11.9. The highest BCUT2D eigenvalue weighted by Crippen LogP contribution is 2.19. The predicted octanol–water partition coefficient (Wildman–Crippen LogP) is 4.51. The van der Waals surface area contributed by atoms with Gasteiger partial charge in [-0.15, -0.1) is 0 Å². The van der Waals surface area contributed by atoms with Gasteiger partial charge in [0.05, 0.1) is 5.56 Å². The van der Waals surface area contributed by atoms with E-state index in [1.165, 1.54) is 0 Å². The Balaban J connectivity index is 1.91. The van der Waals surface area contributed by atoms with Crippen LogP contribution in [0.25, 0.3) is 0 Å². The fraction of sp³-hybridized carbons (Fsp3) is 0.294. The standard InChI is InChI=1S/C17H20BrN3O/c1-2-3-4-10-19-17(22)13-8-9-16(20-12-13)21-15-7-5-6-14(18)11-15/h5-9,11-12H,2-4,10H2,1H3,(H,19,22)(H,20,21). The number of carbonyl (C=O) groups excluding carboxylic acids is 1. The van der Waals surface area contributed by atoms with Gasteiger partial charge in [0.25, 0.3) is 5.91 Å². The van der Waals surface area contributed by atoms with Crippen LogP contribution in [0, 0.1) is 0 Å². The van der Waals surface area contributed by atoms with Crippen molar-refractivity contribution in [3.63, 3.8) is 0 Å². The highest BCUT2D eigenvalue weighted by atomic mass is 79.9. The third kappa shape index (κ3) is 5.15. The van der Waals surface area contributed by atoms with Crippen molar-refractivity contribution in [3.05, 3.63) is 52.6 Å². The molecule has 22 heavy (non-hydrogen) atoms. The number of anilines is 2. The van der Waals surface area contributed by atoms with Crippen LogP contribution in [0.3, 0.4) is 0 Å². The molecule has 2 rings (SSSR count). The van der Waals surface area contributed by atoms with Gasteiger partial charge in [0.2, 0.25) is 0 Å². The van der Waals surface area contributed by atoms with Crippen LogP contribution in [0.4, 0.5) is 11.5 Å². The molecular weight excluding hydrogens is 342 g/mol. The topological polar surface area (TPSA) is 54.0 Å². The average Bonchev–Trinajstić information content (AvgIpc) is 2.52. The van der Waals surface area contributed by atoms with Crippen LogP contribution in [0.2, 0.25) is 0 Å². The second-order valence-corrected chi connectivity index (χ2v) is 5.95. The van der Waals surface area contributed by atoms with Gasteiger partial charge in [-0.25, -0.2) is 4.98 Å². The predicted molar refractivity (Wildman–Crippen MR) is 93.5 cm³/mol. The monoisotopic (exact) mass is 361 g/mol. The lowest BCUT2D eigenvalue weighted by Gasteiger charge is -2.07. The number of amides is 1. The summed E-state index contributed by atoms with van der Waals surface area (Å²) in [7, 11) is 0. The number of nitrogens with zero attached hydrogens (tertiary/aromatic N) is 1. The molecule has 1 aromatic carbocycles. The fourth-order valence-corrected chi connectivity index (χ4v) is 2.39. The van der Waals surface area contributed by atoms with E-state index in [1.807, 2.05) is 30.3 Å². The number of hydrogen-bond donors (Lipinski definition) is 2. The third-order valence-electron chi connectivity index (χ3n) is 3.19. The van der Waals surface area contributed by atoms with Crippen LogP contribution in [0.1, 0.15) is 36.5 Å². The number of rotatable bonds is 7. The first kappa shape index (κ1) is 16.5. The lowest BCUT2D eigenvalue weighted by Crippen LogP contribution is -2.24. The van der Waals surface area contributed by atoms with Gasteiger partial charge in [-0.2, -0.15) is 0 Å². The zero-order valence-electron chi connectivity index (χ0n) is 12.6. The molecule has 0 atom stereocenters. The second kappa shape index (κ2) is 8.54. The molecule has 5 heteroatoms. The Kier molecular flexibility index (Phi) is 6.40. The average molecular weight is 362 g/mol. The second-order valence-electron chi connectivity index (χ2n) is 5.03. The van der Waals surface area contributed by atoms with Crippen LogP contribution in [0.5, 0.6) is 0 Å². The number of pyridine rings is 1. The van der Waals surface area contributed by atoms with Gasteiger partial charge >= 0.3 is 0 Å². The van der Waals surface area contributed by atoms with E-state index in [2.05, 4.69) is 38.5 Å². The van der Waals surface area contributed by atoms with Crippen LogP contribution in [0.15, 0.2) is 47.1 Å². The van der Waals surface area contributed by atoms with Crippen molar-refractivity contribution in [1.29, 1.82) is 0 Å². The van der Waals surface area contributed by atoms with E-state index < -0.39 is 0 Å². The Bertz CT molecular complexity index is 614. The van der Waals surface area contributed by atoms with E-state index in [9.17, 15) is 4.79 Å². The Labute approximate surface area is 139 Å². The van der Waals surface area contributed by atoms with Crippen molar-refractivity contribution in [2.45, 2.75) is 26.2 Å². The summed E-state index contributed by atoms with van der Waals surface area (Å²) in [6.07, 6.45) is 4.88. The summed E-state index contributed by atoms with van der Waals surface area (Å²) in [5.41, 5.74) is 1.52. The molecule has 2 N–H and O–H groups in total. The maximum Gasteiger partial charge on any atom is 0.252 e. The molecule has 0 aliphatic heterocycles. The first-order chi connectivity index (χ1) is 10.7. The van der Waals surface area contributed by atoms with Gasteiger partial charge in [-0.1, -0.05) is 41.8 Å². The molecule has 0 unspecified atom stereocenters. The molecule has 0 bridgehead atoms. The van der Waals surface area contributed by atoms with E-state index in [4.69, 9.17) is 0 Å². The highest BCUT2D eigenvalue weighted by molar-refractivity contribution is 9.10. The SMILES string of the molecule is CCCCCNC(=O)c1ccc(Nc2cccc(Br)c2)nc1. The zero-order valence-corrected chi connectivity index (χ0v) is 14.2. The minimum Gasteiger partial charge on any atom is -0.352 e. The number of benzene rings is 1. The molecule has 116 valence electrons. The van der Waals surface area contributed by atoms with Crippen LogP contribution in [-0.2, 0) is 0 Å². The van der Waals surface area contributed by atoms with E-state index in [0.717, 1.165) is 29.4 Å². The first-order valence-corrected chi connectivity index (χ1v) is 8.25. The van der Waals surface area contributed by atoms with Gasteiger partial charge in [0, 0.05) is 22.9 Å². The lowest BCUT2D eigenvalue weighted by atomic mass is 10.2. The molecular formula is C17H20BrN3O. The van der Waals surface area contributed by atoms with Crippen molar-refractivity contribution in [2.24, 2.45) is 0 Å². The number of unbranched alkanes of at least 4 members (excludes halogenated alkanes) is 2. The Morgan fingerprint density at radius 2 is 2.09 bits per heavy atom. The Hall–Kier alpha value is -1.88. The largest absolute Gasteiger partial charge is 0.352 e. The quantitative estimate of drug-likeness (QED) is 0.713. The molecule has 0 saturated carbocycles. The smallest absolute Gasteiger partial charge is 0.252 e. The minimum atomic E-state index is -0.0717. The number of hydrogen-bond acceptors (Lipinski definition) is 3. The molecule has 1 amide bonds. The van der Waals surface area contributed by atoms with Crippen LogP contribution >= 0.6 is 15.9 Å². The summed E-state index contributed by atoms with van der Waals surface area (Å²) < 4.78 is 1.00. The normalized spacial score (nSPS) is 10.3. The zero-order chi connectivity index (χ0) is 15.8. The Morgan fingerprint density at radius 3 is 2.77 bits per heavy atom. The fourth-order valence-electron chi connectivity index (χ4n) is 2.00. The molecule has 2 aromatic rings. The van der Waals surface area contributed by atoms with Crippen LogP contribution < -0.4 is 10.6 Å². The summed E-state index contributed by atoms with van der Waals surface area (Å²) in [4.78, 5) is 16.2. The van der Waals surface area contributed by atoms with Gasteiger partial charge in [0.1, 0.15) is 5.82 Å². The molecule has 1 heterocycles. The van der Waals surface area contributed by atoms with Crippen molar-refractivity contribution in [1.82, 2.24) is 10.3 Å². The molecule has 0 radical (unpaired) electrons. The highest BCUT2D eigenvalue weighted by Gasteiger charge is 2.05. The van der Waals surface area contributed by atoms with Gasteiger partial charge in [-0.05, 0) is 36.8 Å². The number of aromatic nitrogens is 1. The van der Waals surface area contributed by atoms with Crippen LogP contribution in [-0.4, -0.2) is 17.4 Å². The lowest BCUT2D eigenvalue weighted by molar-refractivity contribution is 0.0952. The summed E-state index contributed by atoms with van der Waals surface area (Å²) in [6.45, 7) is 2.85. The summed E-state index contributed by atoms with van der Waals surface area (Å²) >= 11 is 3.43. The number of halogens is 1. The van der Waals surface area contributed by atoms with E-state index in [0.29, 0.717) is 17.9 Å². The number of nitrogens with one attached hydrogen (secondary N) is 2. The molecule has 0 fully saturated rings. The molecule has 0 saturated heterocycles.